The van der Waals surface area contributed by atoms with E-state index in [0.29, 0.717) is 19.3 Å². The van der Waals surface area contributed by atoms with Crippen molar-refractivity contribution in [1.29, 1.82) is 0 Å². The molecule has 0 aliphatic carbocycles. The Hall–Kier alpha value is -0.120. The lowest BCUT2D eigenvalue weighted by Gasteiger charge is -2.08. The number of ether oxygens (including phenoxy) is 1. The Morgan fingerprint density at radius 2 is 2.33 bits per heavy atom. The van der Waals surface area contributed by atoms with Crippen molar-refractivity contribution in [3.63, 3.8) is 0 Å². The standard InChI is InChI=1S/C6H15NO2/c1-6(7-2)5-9-4-3-8/h6-8H,3-5H2,1-2H3/t6-/m0/s1. The summed E-state index contributed by atoms with van der Waals surface area (Å²) in [5.74, 6) is 0. The zero-order chi connectivity index (χ0) is 7.11. The Balaban J connectivity index is 2.88. The van der Waals surface area contributed by atoms with Crippen LogP contribution in [-0.2, 0) is 4.74 Å². The van der Waals surface area contributed by atoms with Crippen LogP contribution in [0.4, 0.5) is 0 Å². The summed E-state index contributed by atoms with van der Waals surface area (Å²) in [5, 5.41) is 11.3. The van der Waals surface area contributed by atoms with Gasteiger partial charge in [0.2, 0.25) is 0 Å². The molecule has 0 aliphatic heterocycles. The summed E-state index contributed by atoms with van der Waals surface area (Å²) in [4.78, 5) is 0. The Morgan fingerprint density at radius 1 is 1.67 bits per heavy atom. The van der Waals surface area contributed by atoms with Crippen LogP contribution in [-0.4, -0.2) is 38.0 Å². The van der Waals surface area contributed by atoms with Gasteiger partial charge in [-0.3, -0.25) is 0 Å². The quantitative estimate of drug-likeness (QED) is 0.501. The number of hydrogen-bond donors (Lipinski definition) is 2. The Morgan fingerprint density at radius 3 is 2.78 bits per heavy atom. The molecule has 56 valence electrons. The molecular formula is C6H15NO2. The summed E-state index contributed by atoms with van der Waals surface area (Å²) in [6.07, 6.45) is 0. The molecule has 3 nitrogen and oxygen atoms in total. The van der Waals surface area contributed by atoms with Crippen LogP contribution in [0.25, 0.3) is 0 Å². The third-order valence-electron chi connectivity index (χ3n) is 1.10. The van der Waals surface area contributed by atoms with Gasteiger partial charge in [-0.05, 0) is 14.0 Å². The van der Waals surface area contributed by atoms with Crippen molar-refractivity contribution >= 4 is 0 Å². The number of likely N-dealkylation sites (N-methyl/N-ethyl adjacent to an activating group) is 1. The van der Waals surface area contributed by atoms with Gasteiger partial charge in [0, 0.05) is 6.04 Å². The summed E-state index contributed by atoms with van der Waals surface area (Å²) in [5.41, 5.74) is 0. The molecule has 0 bridgehead atoms. The topological polar surface area (TPSA) is 41.5 Å². The van der Waals surface area contributed by atoms with E-state index >= 15 is 0 Å². The van der Waals surface area contributed by atoms with Crippen LogP contribution in [0.1, 0.15) is 6.92 Å². The van der Waals surface area contributed by atoms with Crippen molar-refractivity contribution in [3.8, 4) is 0 Å². The average molecular weight is 133 g/mol. The number of aliphatic hydroxyl groups excluding tert-OH is 1. The summed E-state index contributed by atoms with van der Waals surface area (Å²) in [7, 11) is 1.88. The molecule has 0 fully saturated rings. The highest BCUT2D eigenvalue weighted by Crippen LogP contribution is 1.80. The molecule has 0 aliphatic rings. The monoisotopic (exact) mass is 133 g/mol. The van der Waals surface area contributed by atoms with Crippen LogP contribution >= 0.6 is 0 Å². The smallest absolute Gasteiger partial charge is 0.0698 e. The SMILES string of the molecule is CN[C@@H](C)COCCO. The highest BCUT2D eigenvalue weighted by Gasteiger charge is 1.94. The van der Waals surface area contributed by atoms with Gasteiger partial charge >= 0.3 is 0 Å². The van der Waals surface area contributed by atoms with E-state index in [1.165, 1.54) is 0 Å². The molecule has 0 heterocycles. The summed E-state index contributed by atoms with van der Waals surface area (Å²) in [6.45, 7) is 3.23. The molecule has 0 aromatic rings. The first-order chi connectivity index (χ1) is 4.31. The van der Waals surface area contributed by atoms with Crippen molar-refractivity contribution in [2.75, 3.05) is 26.9 Å². The van der Waals surface area contributed by atoms with Gasteiger partial charge in [0.25, 0.3) is 0 Å². The van der Waals surface area contributed by atoms with Crippen molar-refractivity contribution in [1.82, 2.24) is 5.32 Å². The van der Waals surface area contributed by atoms with E-state index in [9.17, 15) is 0 Å². The summed E-state index contributed by atoms with van der Waals surface area (Å²) >= 11 is 0. The van der Waals surface area contributed by atoms with Crippen LogP contribution in [0.15, 0.2) is 0 Å². The fourth-order valence-corrected chi connectivity index (χ4v) is 0.408. The highest BCUT2D eigenvalue weighted by molar-refractivity contribution is 4.52. The normalized spacial score (nSPS) is 13.7. The largest absolute Gasteiger partial charge is 0.394 e. The molecule has 2 N–H and O–H groups in total. The lowest BCUT2D eigenvalue weighted by atomic mass is 10.4. The average Bonchev–Trinajstić information content (AvgIpc) is 1.89. The van der Waals surface area contributed by atoms with Crippen molar-refractivity contribution in [3.05, 3.63) is 0 Å². The minimum absolute atomic E-state index is 0.108. The predicted octanol–water partition coefficient (Wildman–Crippen LogP) is -0.397. The van der Waals surface area contributed by atoms with E-state index in [-0.39, 0.29) is 6.61 Å². The number of hydrogen-bond acceptors (Lipinski definition) is 3. The van der Waals surface area contributed by atoms with Gasteiger partial charge < -0.3 is 15.2 Å². The van der Waals surface area contributed by atoms with Gasteiger partial charge in [0.05, 0.1) is 19.8 Å². The highest BCUT2D eigenvalue weighted by atomic mass is 16.5. The molecule has 0 aromatic carbocycles. The molecule has 0 unspecified atom stereocenters. The minimum atomic E-state index is 0.108. The molecule has 9 heavy (non-hydrogen) atoms. The molecule has 0 saturated heterocycles. The van der Waals surface area contributed by atoms with E-state index < -0.39 is 0 Å². The second kappa shape index (κ2) is 6.01. The van der Waals surface area contributed by atoms with E-state index in [0.717, 1.165) is 0 Å². The fourth-order valence-electron chi connectivity index (χ4n) is 0.408. The van der Waals surface area contributed by atoms with E-state index in [4.69, 9.17) is 9.84 Å². The van der Waals surface area contributed by atoms with Crippen molar-refractivity contribution in [2.24, 2.45) is 0 Å². The van der Waals surface area contributed by atoms with Crippen molar-refractivity contribution < 1.29 is 9.84 Å². The van der Waals surface area contributed by atoms with Gasteiger partial charge in [-0.2, -0.15) is 0 Å². The zero-order valence-corrected chi connectivity index (χ0v) is 6.05. The minimum Gasteiger partial charge on any atom is -0.394 e. The predicted molar refractivity (Wildman–Crippen MR) is 36.4 cm³/mol. The van der Waals surface area contributed by atoms with Crippen LogP contribution in [0.5, 0.6) is 0 Å². The number of rotatable bonds is 5. The second-order valence-electron chi connectivity index (χ2n) is 1.99. The Kier molecular flexibility index (Phi) is 5.93. The maximum Gasteiger partial charge on any atom is 0.0698 e. The molecule has 0 spiro atoms. The maximum atomic E-state index is 8.31. The first kappa shape index (κ1) is 8.88. The van der Waals surface area contributed by atoms with E-state index in [1.807, 2.05) is 14.0 Å². The number of aliphatic hydroxyl groups is 1. The maximum absolute atomic E-state index is 8.31. The summed E-state index contributed by atoms with van der Waals surface area (Å²) in [6, 6.07) is 0.372. The lowest BCUT2D eigenvalue weighted by Crippen LogP contribution is -2.27. The zero-order valence-electron chi connectivity index (χ0n) is 6.05. The molecular weight excluding hydrogens is 118 g/mol. The Labute approximate surface area is 56.0 Å². The fraction of sp³-hybridized carbons (Fsp3) is 1.00. The van der Waals surface area contributed by atoms with Gasteiger partial charge in [-0.25, -0.2) is 0 Å². The van der Waals surface area contributed by atoms with Gasteiger partial charge in [0.1, 0.15) is 0 Å². The van der Waals surface area contributed by atoms with E-state index in [1.54, 1.807) is 0 Å². The van der Waals surface area contributed by atoms with Crippen LogP contribution < -0.4 is 5.32 Å². The molecule has 0 aromatic heterocycles. The number of nitrogens with one attached hydrogen (secondary N) is 1. The second-order valence-corrected chi connectivity index (χ2v) is 1.99. The van der Waals surface area contributed by atoms with Crippen LogP contribution in [0, 0.1) is 0 Å². The van der Waals surface area contributed by atoms with Crippen molar-refractivity contribution in [2.45, 2.75) is 13.0 Å². The van der Waals surface area contributed by atoms with E-state index in [2.05, 4.69) is 5.32 Å². The van der Waals surface area contributed by atoms with Crippen LogP contribution in [0.2, 0.25) is 0 Å². The molecule has 0 radical (unpaired) electrons. The summed E-state index contributed by atoms with van der Waals surface area (Å²) < 4.78 is 5.02. The first-order valence-corrected chi connectivity index (χ1v) is 3.17. The molecule has 0 saturated carbocycles. The van der Waals surface area contributed by atoms with Crippen LogP contribution in [0.3, 0.4) is 0 Å². The van der Waals surface area contributed by atoms with Gasteiger partial charge in [-0.1, -0.05) is 0 Å². The first-order valence-electron chi connectivity index (χ1n) is 3.17. The molecule has 0 rings (SSSR count). The molecule has 0 amide bonds. The third kappa shape index (κ3) is 5.76. The third-order valence-corrected chi connectivity index (χ3v) is 1.10. The molecule has 1 atom stereocenters. The van der Waals surface area contributed by atoms with Gasteiger partial charge in [-0.15, -0.1) is 0 Å². The molecule has 3 heteroatoms. The Bertz CT molecular complexity index is 59.0. The van der Waals surface area contributed by atoms with Gasteiger partial charge in [0.15, 0.2) is 0 Å². The lowest BCUT2D eigenvalue weighted by molar-refractivity contribution is 0.0811.